The minimum atomic E-state index is -0.118. The molecule has 1 aliphatic heterocycles. The first-order valence-corrected chi connectivity index (χ1v) is 9.98. The van der Waals surface area contributed by atoms with Crippen molar-refractivity contribution >= 4 is 28.6 Å². The van der Waals surface area contributed by atoms with Gasteiger partial charge >= 0.3 is 0 Å². The van der Waals surface area contributed by atoms with Crippen LogP contribution in [0.3, 0.4) is 0 Å². The van der Waals surface area contributed by atoms with Crippen LogP contribution in [0.5, 0.6) is 0 Å². The summed E-state index contributed by atoms with van der Waals surface area (Å²) in [5, 5.41) is 5.17. The van der Waals surface area contributed by atoms with Crippen molar-refractivity contribution in [2.24, 2.45) is 0 Å². The van der Waals surface area contributed by atoms with E-state index in [-0.39, 0.29) is 11.9 Å². The van der Waals surface area contributed by atoms with Crippen molar-refractivity contribution in [1.29, 1.82) is 0 Å². The molecule has 1 aromatic heterocycles. The number of nitrogens with one attached hydrogen (secondary N) is 1. The van der Waals surface area contributed by atoms with Crippen LogP contribution in [0.1, 0.15) is 11.8 Å². The zero-order valence-corrected chi connectivity index (χ0v) is 16.6. The van der Waals surface area contributed by atoms with E-state index in [1.165, 1.54) is 4.88 Å². The number of rotatable bonds is 6. The van der Waals surface area contributed by atoms with E-state index in [2.05, 4.69) is 32.6 Å². The first-order chi connectivity index (χ1) is 12.5. The molecule has 1 atom stereocenters. The monoisotopic (exact) mass is 372 g/mol. The van der Waals surface area contributed by atoms with Crippen molar-refractivity contribution in [2.45, 2.75) is 19.5 Å². The fourth-order valence-corrected chi connectivity index (χ4v) is 3.93. The quantitative estimate of drug-likeness (QED) is 0.846. The molecule has 0 aliphatic carbocycles. The summed E-state index contributed by atoms with van der Waals surface area (Å²) < 4.78 is 0. The number of thiophene rings is 1. The molecule has 6 heteroatoms. The zero-order valence-electron chi connectivity index (χ0n) is 15.8. The molecular weight excluding hydrogens is 344 g/mol. The van der Waals surface area contributed by atoms with Gasteiger partial charge in [-0.25, -0.2) is 0 Å². The molecule has 1 amide bonds. The Bertz CT molecular complexity index is 691. The number of hydrogen-bond donors (Lipinski definition) is 1. The van der Waals surface area contributed by atoms with Crippen LogP contribution in [0.4, 0.5) is 11.4 Å². The molecule has 1 aromatic carbocycles. The van der Waals surface area contributed by atoms with Gasteiger partial charge in [0.15, 0.2) is 0 Å². The molecule has 5 nitrogen and oxygen atoms in total. The van der Waals surface area contributed by atoms with E-state index >= 15 is 0 Å². The second-order valence-corrected chi connectivity index (χ2v) is 8.03. The van der Waals surface area contributed by atoms with Crippen molar-refractivity contribution in [3.8, 4) is 0 Å². The molecule has 1 fully saturated rings. The van der Waals surface area contributed by atoms with Crippen LogP contribution < -0.4 is 10.2 Å². The largest absolute Gasteiger partial charge is 0.378 e. The van der Waals surface area contributed by atoms with E-state index in [0.29, 0.717) is 0 Å². The molecule has 140 valence electrons. The summed E-state index contributed by atoms with van der Waals surface area (Å²) in [6.45, 7) is 6.89. The van der Waals surface area contributed by atoms with Gasteiger partial charge in [-0.2, -0.15) is 0 Å². The number of anilines is 2. The lowest BCUT2D eigenvalue weighted by Gasteiger charge is -2.37. The lowest BCUT2D eigenvalue weighted by Crippen LogP contribution is -2.52. The number of nitrogens with zero attached hydrogens (tertiary/aromatic N) is 3. The number of amides is 1. The van der Waals surface area contributed by atoms with Gasteiger partial charge in [0.1, 0.15) is 0 Å². The lowest BCUT2D eigenvalue weighted by atomic mass is 10.2. The average molecular weight is 373 g/mol. The van der Waals surface area contributed by atoms with Crippen LogP contribution >= 0.6 is 11.3 Å². The van der Waals surface area contributed by atoms with Crippen LogP contribution in [-0.4, -0.2) is 62.0 Å². The molecule has 0 bridgehead atoms. The molecule has 0 radical (unpaired) electrons. The van der Waals surface area contributed by atoms with Gasteiger partial charge in [-0.3, -0.25) is 14.6 Å². The van der Waals surface area contributed by atoms with Gasteiger partial charge in [-0.15, -0.1) is 11.3 Å². The Morgan fingerprint density at radius 2 is 1.85 bits per heavy atom. The maximum Gasteiger partial charge on any atom is 0.241 e. The zero-order chi connectivity index (χ0) is 18.5. The minimum absolute atomic E-state index is 0.0642. The number of carbonyl (C=O) groups excluding carboxylic acids is 1. The number of hydrogen-bond acceptors (Lipinski definition) is 5. The standard InChI is InChI=1S/C20H28N4OS/c1-16(20(25)21-17-6-8-18(9-7-17)22(2)3)24-12-10-23(11-13-24)15-19-5-4-14-26-19/h4-9,14,16H,10-13,15H2,1-3H3,(H,21,25). The number of benzene rings is 1. The Kier molecular flexibility index (Phi) is 6.29. The Labute approximate surface area is 160 Å². The molecule has 3 rings (SSSR count). The first kappa shape index (κ1) is 18.9. The lowest BCUT2D eigenvalue weighted by molar-refractivity contribution is -0.121. The normalized spacial score (nSPS) is 17.0. The van der Waals surface area contributed by atoms with E-state index in [4.69, 9.17) is 0 Å². The van der Waals surface area contributed by atoms with Crippen LogP contribution in [0.2, 0.25) is 0 Å². The summed E-state index contributed by atoms with van der Waals surface area (Å²) in [5.41, 5.74) is 1.97. The van der Waals surface area contributed by atoms with Crippen LogP contribution in [0, 0.1) is 0 Å². The second-order valence-electron chi connectivity index (χ2n) is 7.00. The molecular formula is C20H28N4OS. The average Bonchev–Trinajstić information content (AvgIpc) is 3.15. The van der Waals surface area contributed by atoms with E-state index in [1.54, 1.807) is 0 Å². The molecule has 1 aliphatic rings. The topological polar surface area (TPSA) is 38.8 Å². The third kappa shape index (κ3) is 4.84. The molecule has 1 saturated heterocycles. The van der Waals surface area contributed by atoms with Crippen molar-refractivity contribution in [1.82, 2.24) is 9.80 Å². The van der Waals surface area contributed by atoms with Gasteiger partial charge in [0.05, 0.1) is 6.04 Å². The molecule has 1 unspecified atom stereocenters. The van der Waals surface area contributed by atoms with Crippen molar-refractivity contribution in [2.75, 3.05) is 50.5 Å². The third-order valence-corrected chi connectivity index (χ3v) is 5.81. The van der Waals surface area contributed by atoms with Gasteiger partial charge in [0.25, 0.3) is 0 Å². The van der Waals surface area contributed by atoms with Crippen LogP contribution in [0.25, 0.3) is 0 Å². The maximum atomic E-state index is 12.6. The van der Waals surface area contributed by atoms with E-state index in [9.17, 15) is 4.79 Å². The smallest absolute Gasteiger partial charge is 0.241 e. The van der Waals surface area contributed by atoms with Crippen molar-refractivity contribution in [3.63, 3.8) is 0 Å². The predicted octanol–water partition coefficient (Wildman–Crippen LogP) is 2.96. The fourth-order valence-electron chi connectivity index (χ4n) is 3.19. The van der Waals surface area contributed by atoms with Crippen LogP contribution in [0.15, 0.2) is 41.8 Å². The number of piperazine rings is 1. The highest BCUT2D eigenvalue weighted by Gasteiger charge is 2.25. The maximum absolute atomic E-state index is 12.6. The van der Waals surface area contributed by atoms with Crippen LogP contribution in [-0.2, 0) is 11.3 Å². The Morgan fingerprint density at radius 3 is 2.42 bits per heavy atom. The highest BCUT2D eigenvalue weighted by molar-refractivity contribution is 7.09. The molecule has 0 saturated carbocycles. The Balaban J connectivity index is 1.48. The van der Waals surface area contributed by atoms with Gasteiger partial charge in [0.2, 0.25) is 5.91 Å². The highest BCUT2D eigenvalue weighted by atomic mass is 32.1. The SMILES string of the molecule is CC(C(=O)Nc1ccc(N(C)C)cc1)N1CCN(Cc2cccs2)CC1. The molecule has 2 aromatic rings. The van der Waals surface area contributed by atoms with E-state index in [1.807, 2.05) is 61.5 Å². The van der Waals surface area contributed by atoms with Gasteiger partial charge < -0.3 is 10.2 Å². The summed E-state index contributed by atoms with van der Waals surface area (Å²) in [7, 11) is 4.02. The first-order valence-electron chi connectivity index (χ1n) is 9.10. The molecule has 0 spiro atoms. The predicted molar refractivity (Wildman–Crippen MR) is 110 cm³/mol. The second kappa shape index (κ2) is 8.66. The van der Waals surface area contributed by atoms with Gasteiger partial charge in [-0.1, -0.05) is 6.07 Å². The van der Waals surface area contributed by atoms with E-state index in [0.717, 1.165) is 44.1 Å². The fraction of sp³-hybridized carbons (Fsp3) is 0.450. The third-order valence-electron chi connectivity index (χ3n) is 4.94. The molecule has 2 heterocycles. The van der Waals surface area contributed by atoms with E-state index < -0.39 is 0 Å². The Morgan fingerprint density at radius 1 is 1.15 bits per heavy atom. The molecule has 26 heavy (non-hydrogen) atoms. The molecule has 1 N–H and O–H groups in total. The highest BCUT2D eigenvalue weighted by Crippen LogP contribution is 2.17. The summed E-state index contributed by atoms with van der Waals surface area (Å²) in [5.74, 6) is 0.0642. The summed E-state index contributed by atoms with van der Waals surface area (Å²) >= 11 is 1.81. The van der Waals surface area contributed by atoms with Crippen molar-refractivity contribution in [3.05, 3.63) is 46.7 Å². The summed E-state index contributed by atoms with van der Waals surface area (Å²) in [4.78, 5) is 20.8. The van der Waals surface area contributed by atoms with Gasteiger partial charge in [-0.05, 0) is 42.6 Å². The van der Waals surface area contributed by atoms with Gasteiger partial charge in [0, 0.05) is 63.1 Å². The summed E-state index contributed by atoms with van der Waals surface area (Å²) in [6.07, 6.45) is 0. The summed E-state index contributed by atoms with van der Waals surface area (Å²) in [6, 6.07) is 12.1. The number of carbonyl (C=O) groups is 1. The Hall–Kier alpha value is -1.89. The van der Waals surface area contributed by atoms with Crippen molar-refractivity contribution < 1.29 is 4.79 Å². The minimum Gasteiger partial charge on any atom is -0.378 e.